The zero-order valence-corrected chi connectivity index (χ0v) is 29.0. The van der Waals surface area contributed by atoms with Gasteiger partial charge in [0.05, 0.1) is 26.2 Å². The fraction of sp³-hybridized carbons (Fsp3) is 1.00. The van der Waals surface area contributed by atoms with Crippen LogP contribution in [-0.2, 0) is 0 Å². The number of hydrogen-bond donors (Lipinski definition) is 0. The largest absolute Gasteiger partial charge is 1.00 e. The molecule has 0 bridgehead atoms. The average Bonchev–Trinajstić information content (AvgIpc) is 2.91. The summed E-state index contributed by atoms with van der Waals surface area (Å²) < 4.78 is 1.48. The lowest BCUT2D eigenvalue weighted by Gasteiger charge is -2.40. The highest BCUT2D eigenvalue weighted by Gasteiger charge is 2.25. The molecule has 0 N–H and O–H groups in total. The highest BCUT2D eigenvalue weighted by Crippen LogP contribution is 2.21. The second kappa shape index (κ2) is 33.6. The minimum atomic E-state index is 0. The normalized spacial score (nSPS) is 11.7. The van der Waals surface area contributed by atoms with Crippen molar-refractivity contribution in [3.63, 3.8) is 0 Å². The average molecular weight is 603 g/mol. The molecule has 1 nitrogen and oxygen atoms in total. The summed E-state index contributed by atoms with van der Waals surface area (Å²) in [7, 11) is 0. The van der Waals surface area contributed by atoms with Gasteiger partial charge in [-0.25, -0.2) is 0 Å². The van der Waals surface area contributed by atoms with Crippen molar-refractivity contribution in [1.82, 2.24) is 0 Å². The van der Waals surface area contributed by atoms with Gasteiger partial charge in [-0.2, -0.15) is 0 Å². The minimum absolute atomic E-state index is 0. The van der Waals surface area contributed by atoms with E-state index >= 15 is 0 Å². The Morgan fingerprint density at radius 3 is 0.579 bits per heavy atom. The molecule has 0 radical (unpaired) electrons. The van der Waals surface area contributed by atoms with Crippen LogP contribution in [0, 0.1) is 0 Å². The lowest BCUT2D eigenvalue weighted by Crippen LogP contribution is -3.00. The molecule has 2 heteroatoms. The van der Waals surface area contributed by atoms with Crippen molar-refractivity contribution in [2.24, 2.45) is 0 Å². The van der Waals surface area contributed by atoms with E-state index in [1.807, 2.05) is 0 Å². The van der Waals surface area contributed by atoms with Gasteiger partial charge in [-0.15, -0.1) is 0 Å². The van der Waals surface area contributed by atoms with E-state index in [0.29, 0.717) is 0 Å². The van der Waals surface area contributed by atoms with E-state index in [9.17, 15) is 0 Å². The van der Waals surface area contributed by atoms with E-state index in [0.717, 1.165) is 0 Å². The molecule has 232 valence electrons. The van der Waals surface area contributed by atoms with Crippen molar-refractivity contribution in [1.29, 1.82) is 0 Å². The summed E-state index contributed by atoms with van der Waals surface area (Å²) in [4.78, 5) is 0. The standard InChI is InChI=1S/C36H76N.BrH/c1-5-9-13-17-21-25-29-33-37(34-30-26-22-18-14-10-6-2,35-31-27-23-19-15-11-7-3)36-32-28-24-20-16-12-8-4;/h5-36H2,1-4H3;1H/q+1;/p-1. The molecule has 0 saturated heterocycles. The summed E-state index contributed by atoms with van der Waals surface area (Å²) in [6.07, 6.45) is 40.7. The van der Waals surface area contributed by atoms with Gasteiger partial charge >= 0.3 is 0 Å². The van der Waals surface area contributed by atoms with Crippen LogP contribution in [0.1, 0.15) is 207 Å². The Hall–Kier alpha value is 0.440. The first-order valence-electron chi connectivity index (χ1n) is 18.1. The molecule has 0 amide bonds. The molecule has 0 atom stereocenters. The molecular weight excluding hydrogens is 526 g/mol. The Bertz CT molecular complexity index is 333. The third kappa shape index (κ3) is 28.0. The van der Waals surface area contributed by atoms with Crippen LogP contribution in [0.2, 0.25) is 0 Å². The lowest BCUT2D eigenvalue weighted by molar-refractivity contribution is -0.929. The quantitative estimate of drug-likeness (QED) is 0.0531. The van der Waals surface area contributed by atoms with Crippen molar-refractivity contribution in [3.05, 3.63) is 0 Å². The second-order valence-electron chi connectivity index (χ2n) is 12.7. The first-order valence-corrected chi connectivity index (χ1v) is 18.1. The van der Waals surface area contributed by atoms with E-state index < -0.39 is 0 Å². The number of hydrogen-bond acceptors (Lipinski definition) is 0. The lowest BCUT2D eigenvalue weighted by atomic mass is 10.0. The number of quaternary nitrogens is 1. The summed E-state index contributed by atoms with van der Waals surface area (Å²) in [6, 6.07) is 0. The number of rotatable bonds is 32. The van der Waals surface area contributed by atoms with Gasteiger partial charge in [0.15, 0.2) is 0 Å². The Balaban J connectivity index is 0. The molecule has 0 aromatic rings. The van der Waals surface area contributed by atoms with E-state index in [4.69, 9.17) is 0 Å². The van der Waals surface area contributed by atoms with Crippen LogP contribution < -0.4 is 17.0 Å². The van der Waals surface area contributed by atoms with Gasteiger partial charge in [-0.1, -0.05) is 156 Å². The Morgan fingerprint density at radius 1 is 0.237 bits per heavy atom. The summed E-state index contributed by atoms with van der Waals surface area (Å²) in [5.41, 5.74) is 0. The summed E-state index contributed by atoms with van der Waals surface area (Å²) in [5.74, 6) is 0. The highest BCUT2D eigenvalue weighted by atomic mass is 79.9. The van der Waals surface area contributed by atoms with Crippen molar-refractivity contribution in [2.45, 2.75) is 207 Å². The molecule has 38 heavy (non-hydrogen) atoms. The fourth-order valence-electron chi connectivity index (χ4n) is 6.29. The van der Waals surface area contributed by atoms with Crippen molar-refractivity contribution in [2.75, 3.05) is 26.2 Å². The third-order valence-corrected chi connectivity index (χ3v) is 8.94. The van der Waals surface area contributed by atoms with Crippen LogP contribution in [0.25, 0.3) is 0 Å². The monoisotopic (exact) mass is 602 g/mol. The molecule has 0 rings (SSSR count). The molecule has 0 aliphatic heterocycles. The highest BCUT2D eigenvalue weighted by molar-refractivity contribution is 4.55. The maximum atomic E-state index is 2.34. The molecule has 0 unspecified atom stereocenters. The summed E-state index contributed by atoms with van der Waals surface area (Å²) in [6.45, 7) is 15.3. The van der Waals surface area contributed by atoms with Crippen LogP contribution in [0.4, 0.5) is 0 Å². The second-order valence-corrected chi connectivity index (χ2v) is 12.7. The topological polar surface area (TPSA) is 0 Å². The van der Waals surface area contributed by atoms with Gasteiger partial charge in [0.1, 0.15) is 0 Å². The Morgan fingerprint density at radius 2 is 0.395 bits per heavy atom. The van der Waals surface area contributed by atoms with Crippen molar-refractivity contribution in [3.8, 4) is 0 Å². The van der Waals surface area contributed by atoms with Gasteiger partial charge in [-0.3, -0.25) is 0 Å². The van der Waals surface area contributed by atoms with Crippen LogP contribution in [0.3, 0.4) is 0 Å². The van der Waals surface area contributed by atoms with E-state index in [-0.39, 0.29) is 17.0 Å². The minimum Gasteiger partial charge on any atom is -1.00 e. The molecule has 0 spiro atoms. The molecule has 0 saturated carbocycles. The van der Waals surface area contributed by atoms with E-state index in [1.165, 1.54) is 210 Å². The van der Waals surface area contributed by atoms with Gasteiger partial charge < -0.3 is 21.5 Å². The first-order chi connectivity index (χ1) is 18.2. The van der Waals surface area contributed by atoms with Crippen LogP contribution in [0.15, 0.2) is 0 Å². The zero-order chi connectivity index (χ0) is 27.1. The Labute approximate surface area is 254 Å². The molecule has 0 aliphatic rings. The van der Waals surface area contributed by atoms with Gasteiger partial charge in [0.2, 0.25) is 0 Å². The van der Waals surface area contributed by atoms with Crippen molar-refractivity contribution < 1.29 is 21.5 Å². The SMILES string of the molecule is CCCCCCCCC[N+](CCCCCCCCC)(CCCCCCCCC)CCCCCCCCC.[Br-]. The smallest absolute Gasteiger partial charge is 0.0786 e. The summed E-state index contributed by atoms with van der Waals surface area (Å²) >= 11 is 0. The van der Waals surface area contributed by atoms with Gasteiger partial charge in [-0.05, 0) is 51.4 Å². The Kier molecular flexibility index (Phi) is 35.9. The van der Waals surface area contributed by atoms with Gasteiger partial charge in [0, 0.05) is 0 Å². The molecule has 0 aromatic heterocycles. The number of halogens is 1. The predicted molar refractivity (Wildman–Crippen MR) is 172 cm³/mol. The van der Waals surface area contributed by atoms with Gasteiger partial charge in [0.25, 0.3) is 0 Å². The van der Waals surface area contributed by atoms with E-state index in [1.54, 1.807) is 0 Å². The summed E-state index contributed by atoms with van der Waals surface area (Å²) in [5, 5.41) is 0. The van der Waals surface area contributed by atoms with Crippen molar-refractivity contribution >= 4 is 0 Å². The molecular formula is C36H76BrN. The molecule has 0 aliphatic carbocycles. The third-order valence-electron chi connectivity index (χ3n) is 8.94. The maximum Gasteiger partial charge on any atom is 0.0786 e. The number of unbranched alkanes of at least 4 members (excludes halogenated alkanes) is 24. The van der Waals surface area contributed by atoms with E-state index in [2.05, 4.69) is 27.7 Å². The molecule has 0 fully saturated rings. The fourth-order valence-corrected chi connectivity index (χ4v) is 6.29. The van der Waals surface area contributed by atoms with Crippen LogP contribution >= 0.6 is 0 Å². The molecule has 0 heterocycles. The maximum absolute atomic E-state index is 2.34. The first kappa shape index (κ1) is 40.6. The zero-order valence-electron chi connectivity index (χ0n) is 27.5. The predicted octanol–water partition coefficient (Wildman–Crippen LogP) is 9.81. The van der Waals surface area contributed by atoms with Crippen LogP contribution in [0.5, 0.6) is 0 Å². The molecule has 0 aromatic carbocycles. The number of nitrogens with zero attached hydrogens (tertiary/aromatic N) is 1. The van der Waals surface area contributed by atoms with Crippen LogP contribution in [-0.4, -0.2) is 30.7 Å².